The third-order valence-electron chi connectivity index (χ3n) is 6.20. The number of imidazole rings is 1. The molecule has 0 saturated carbocycles. The zero-order valence-electron chi connectivity index (χ0n) is 20.4. The van der Waals surface area contributed by atoms with E-state index in [1.807, 2.05) is 18.2 Å². The van der Waals surface area contributed by atoms with Crippen molar-refractivity contribution in [2.45, 2.75) is 25.3 Å². The second-order valence-electron chi connectivity index (χ2n) is 8.78. The summed E-state index contributed by atoms with van der Waals surface area (Å²) in [7, 11) is 0. The molecule has 0 spiro atoms. The van der Waals surface area contributed by atoms with Crippen molar-refractivity contribution in [2.24, 2.45) is 0 Å². The van der Waals surface area contributed by atoms with Crippen LogP contribution in [0.2, 0.25) is 0 Å². The highest BCUT2D eigenvalue weighted by Crippen LogP contribution is 2.26. The Morgan fingerprint density at radius 2 is 1.84 bits per heavy atom. The number of hydrogen-bond donors (Lipinski definition) is 4. The normalized spacial score (nSPS) is 11.8. The number of carbonyl (C=O) groups is 2. The fourth-order valence-corrected chi connectivity index (χ4v) is 4.71. The Hall–Kier alpha value is -4.57. The van der Waals surface area contributed by atoms with Crippen LogP contribution in [0.25, 0.3) is 22.0 Å². The molecule has 1 atom stereocenters. The van der Waals surface area contributed by atoms with Crippen molar-refractivity contribution in [3.8, 4) is 17.0 Å². The highest BCUT2D eigenvalue weighted by molar-refractivity contribution is 7.11. The van der Waals surface area contributed by atoms with E-state index in [0.717, 1.165) is 28.5 Å². The minimum absolute atomic E-state index is 0.108. The third kappa shape index (κ3) is 5.87. The summed E-state index contributed by atoms with van der Waals surface area (Å²) in [5, 5.41) is 18.0. The summed E-state index contributed by atoms with van der Waals surface area (Å²) in [6, 6.07) is 15.4. The van der Waals surface area contributed by atoms with Crippen molar-refractivity contribution < 1.29 is 14.7 Å². The average molecular weight is 527 g/mol. The lowest BCUT2D eigenvalue weighted by molar-refractivity contribution is 0.0935. The predicted octanol–water partition coefficient (Wildman–Crippen LogP) is 4.86. The maximum atomic E-state index is 12.8. The Bertz CT molecular complexity index is 1550. The number of nitrogens with zero attached hydrogens (tertiary/aromatic N) is 3. The van der Waals surface area contributed by atoms with Crippen molar-refractivity contribution >= 4 is 33.9 Å². The monoisotopic (exact) mass is 526 g/mol. The summed E-state index contributed by atoms with van der Waals surface area (Å²) in [4.78, 5) is 41.5. The van der Waals surface area contributed by atoms with E-state index in [2.05, 4.69) is 54.8 Å². The summed E-state index contributed by atoms with van der Waals surface area (Å²) in [6.07, 6.45) is 8.10. The van der Waals surface area contributed by atoms with Gasteiger partial charge in [0, 0.05) is 24.5 Å². The van der Waals surface area contributed by atoms with Crippen LogP contribution in [0.4, 0.5) is 0 Å². The number of unbranched alkanes of at least 4 members (excludes halogenated alkanes) is 1. The molecular formula is C28H26N6O3S. The predicted molar refractivity (Wildman–Crippen MR) is 146 cm³/mol. The number of benzene rings is 2. The smallest absolute Gasteiger partial charge is 0.263 e. The molecule has 0 saturated heterocycles. The van der Waals surface area contributed by atoms with E-state index >= 15 is 0 Å². The third-order valence-corrected chi connectivity index (χ3v) is 6.97. The van der Waals surface area contributed by atoms with E-state index in [1.165, 1.54) is 29.8 Å². The van der Waals surface area contributed by atoms with Gasteiger partial charge in [-0.15, -0.1) is 11.3 Å². The van der Waals surface area contributed by atoms with Gasteiger partial charge in [-0.25, -0.2) is 4.98 Å². The fourth-order valence-electron chi connectivity index (χ4n) is 4.18. The molecule has 5 rings (SSSR count). The quantitative estimate of drug-likeness (QED) is 0.192. The molecule has 0 aliphatic carbocycles. The SMILES string of the molecule is O=C(N[C@@H](CCCCNC(=O)c1cnccc1O)c1ncc(-c2ccc3ccccc3c2)[nH]1)c1cncs1. The van der Waals surface area contributed by atoms with Crippen LogP contribution in [0.5, 0.6) is 5.75 Å². The first-order chi connectivity index (χ1) is 18.6. The Labute approximate surface area is 223 Å². The second kappa shape index (κ2) is 11.7. The van der Waals surface area contributed by atoms with Crippen LogP contribution in [0.1, 0.15) is 51.2 Å². The molecule has 0 unspecified atom stereocenters. The second-order valence-corrected chi connectivity index (χ2v) is 9.67. The minimum atomic E-state index is -0.378. The Morgan fingerprint density at radius 3 is 2.66 bits per heavy atom. The number of carbonyl (C=O) groups excluding carboxylic acids is 2. The first-order valence-electron chi connectivity index (χ1n) is 12.2. The lowest BCUT2D eigenvalue weighted by atomic mass is 10.1. The van der Waals surface area contributed by atoms with Gasteiger partial charge in [-0.3, -0.25) is 19.6 Å². The minimum Gasteiger partial charge on any atom is -0.507 e. The number of fused-ring (bicyclic) bond motifs is 1. The molecule has 0 radical (unpaired) electrons. The van der Waals surface area contributed by atoms with Crippen molar-refractivity contribution in [3.05, 3.63) is 95.1 Å². The number of aromatic hydroxyl groups is 1. The number of thiazole rings is 1. The largest absolute Gasteiger partial charge is 0.507 e. The number of nitrogens with one attached hydrogen (secondary N) is 3. The molecule has 3 aromatic heterocycles. The van der Waals surface area contributed by atoms with Gasteiger partial charge in [-0.1, -0.05) is 36.4 Å². The molecule has 0 aliphatic heterocycles. The molecular weight excluding hydrogens is 500 g/mol. The first kappa shape index (κ1) is 25.1. The fraction of sp³-hybridized carbons (Fsp3) is 0.179. The summed E-state index contributed by atoms with van der Waals surface area (Å²) in [5.41, 5.74) is 3.64. The molecule has 38 heavy (non-hydrogen) atoms. The summed E-state index contributed by atoms with van der Waals surface area (Å²) in [5.74, 6) is -0.0306. The van der Waals surface area contributed by atoms with Crippen LogP contribution in [0.15, 0.2) is 78.8 Å². The number of hydrogen-bond acceptors (Lipinski definition) is 7. The van der Waals surface area contributed by atoms with Crippen molar-refractivity contribution in [3.63, 3.8) is 0 Å². The van der Waals surface area contributed by atoms with E-state index in [9.17, 15) is 14.7 Å². The molecule has 0 bridgehead atoms. The maximum absolute atomic E-state index is 12.8. The van der Waals surface area contributed by atoms with E-state index in [1.54, 1.807) is 17.9 Å². The molecule has 2 aromatic carbocycles. The van der Waals surface area contributed by atoms with Gasteiger partial charge in [0.05, 0.1) is 35.2 Å². The number of amides is 2. The number of pyridine rings is 1. The van der Waals surface area contributed by atoms with Crippen molar-refractivity contribution in [2.75, 3.05) is 6.54 Å². The van der Waals surface area contributed by atoms with Crippen LogP contribution < -0.4 is 10.6 Å². The van der Waals surface area contributed by atoms with E-state index < -0.39 is 0 Å². The highest BCUT2D eigenvalue weighted by atomic mass is 32.1. The summed E-state index contributed by atoms with van der Waals surface area (Å²) >= 11 is 1.28. The number of aromatic nitrogens is 4. The zero-order chi connectivity index (χ0) is 26.3. The molecule has 2 amide bonds. The van der Waals surface area contributed by atoms with Crippen LogP contribution in [0, 0.1) is 0 Å². The Kier molecular flexibility index (Phi) is 7.70. The maximum Gasteiger partial charge on any atom is 0.263 e. The zero-order valence-corrected chi connectivity index (χ0v) is 21.2. The molecule has 3 heterocycles. The summed E-state index contributed by atoms with van der Waals surface area (Å²) < 4.78 is 0. The van der Waals surface area contributed by atoms with Crippen LogP contribution in [-0.2, 0) is 0 Å². The van der Waals surface area contributed by atoms with Gasteiger partial charge in [0.15, 0.2) is 0 Å². The van der Waals surface area contributed by atoms with Gasteiger partial charge in [-0.2, -0.15) is 0 Å². The van der Waals surface area contributed by atoms with E-state index in [0.29, 0.717) is 30.1 Å². The van der Waals surface area contributed by atoms with E-state index in [4.69, 9.17) is 0 Å². The van der Waals surface area contributed by atoms with Gasteiger partial charge in [0.1, 0.15) is 16.5 Å². The van der Waals surface area contributed by atoms with Gasteiger partial charge < -0.3 is 20.7 Å². The van der Waals surface area contributed by atoms with Crippen molar-refractivity contribution in [1.82, 2.24) is 30.6 Å². The molecule has 0 aliphatic rings. The molecule has 192 valence electrons. The Balaban J connectivity index is 1.25. The van der Waals surface area contributed by atoms with Crippen molar-refractivity contribution in [1.29, 1.82) is 0 Å². The van der Waals surface area contributed by atoms with Gasteiger partial charge in [0.25, 0.3) is 11.8 Å². The van der Waals surface area contributed by atoms with E-state index in [-0.39, 0.29) is 29.2 Å². The Morgan fingerprint density at radius 1 is 0.974 bits per heavy atom. The molecule has 4 N–H and O–H groups in total. The number of rotatable bonds is 10. The standard InChI is InChI=1S/C28H26N6O3S/c35-24-10-12-29-14-21(24)27(36)31-11-4-3-7-22(34-28(37)25-16-30-17-38-25)26-32-15-23(33-26)20-9-8-18-5-1-2-6-19(18)13-20/h1-2,5-6,8-10,12-17,22H,3-4,7,11H2,(H,29,35)(H,31,36)(H,32,33)(H,34,37)/t22-/m0/s1. The topological polar surface area (TPSA) is 133 Å². The lowest BCUT2D eigenvalue weighted by Gasteiger charge is -2.16. The molecule has 5 aromatic rings. The van der Waals surface area contributed by atoms with Crippen LogP contribution >= 0.6 is 11.3 Å². The lowest BCUT2D eigenvalue weighted by Crippen LogP contribution is -2.29. The van der Waals surface area contributed by atoms with Gasteiger partial charge in [0.2, 0.25) is 0 Å². The average Bonchev–Trinajstić information content (AvgIpc) is 3.65. The molecule has 0 fully saturated rings. The van der Waals surface area contributed by atoms with Crippen LogP contribution in [-0.4, -0.2) is 43.4 Å². The highest BCUT2D eigenvalue weighted by Gasteiger charge is 2.20. The van der Waals surface area contributed by atoms with Gasteiger partial charge >= 0.3 is 0 Å². The summed E-state index contributed by atoms with van der Waals surface area (Å²) in [6.45, 7) is 0.420. The molecule has 10 heteroatoms. The van der Waals surface area contributed by atoms with Crippen LogP contribution in [0.3, 0.4) is 0 Å². The number of H-pyrrole nitrogens is 1. The number of aromatic amines is 1. The molecule has 9 nitrogen and oxygen atoms in total. The first-order valence-corrected chi connectivity index (χ1v) is 13.1. The van der Waals surface area contributed by atoms with Gasteiger partial charge in [-0.05, 0) is 42.2 Å².